The van der Waals surface area contributed by atoms with Crippen LogP contribution in [0.1, 0.15) is 13.8 Å². The molecule has 1 aliphatic rings. The van der Waals surface area contributed by atoms with Crippen LogP contribution in [0, 0.1) is 0 Å². The van der Waals surface area contributed by atoms with E-state index in [2.05, 4.69) is 51.3 Å². The molecule has 5 nitrogen and oxygen atoms in total. The standard InChI is InChI=1S/C12H21N5/c1-3-16(4-2)11-5-6-12(15-14-11)17-9-7-13-8-10-17/h5-6,13H,3-4,7-10H2,1-2H3. The topological polar surface area (TPSA) is 44.3 Å². The van der Waals surface area contributed by atoms with E-state index in [1.54, 1.807) is 0 Å². The Morgan fingerprint density at radius 1 is 1.18 bits per heavy atom. The fourth-order valence-corrected chi connectivity index (χ4v) is 2.10. The molecule has 0 spiro atoms. The molecule has 94 valence electrons. The van der Waals surface area contributed by atoms with Crippen LogP contribution in [0.25, 0.3) is 0 Å². The molecule has 0 amide bonds. The van der Waals surface area contributed by atoms with Gasteiger partial charge in [0.2, 0.25) is 0 Å². The SMILES string of the molecule is CCN(CC)c1ccc(N2CCNCC2)nn1. The first-order valence-corrected chi connectivity index (χ1v) is 6.39. The van der Waals surface area contributed by atoms with Crippen LogP contribution in [0.4, 0.5) is 11.6 Å². The zero-order chi connectivity index (χ0) is 12.1. The molecule has 0 aromatic carbocycles. The second kappa shape index (κ2) is 5.82. The molecule has 0 saturated carbocycles. The van der Waals surface area contributed by atoms with Crippen molar-refractivity contribution < 1.29 is 0 Å². The van der Waals surface area contributed by atoms with Gasteiger partial charge in [-0.25, -0.2) is 0 Å². The number of nitrogens with one attached hydrogen (secondary N) is 1. The Hall–Kier alpha value is -1.36. The summed E-state index contributed by atoms with van der Waals surface area (Å²) in [5.74, 6) is 1.95. The van der Waals surface area contributed by atoms with Crippen molar-refractivity contribution in [3.63, 3.8) is 0 Å². The summed E-state index contributed by atoms with van der Waals surface area (Å²) < 4.78 is 0. The third-order valence-electron chi connectivity index (χ3n) is 3.16. The largest absolute Gasteiger partial charge is 0.356 e. The average molecular weight is 235 g/mol. The van der Waals surface area contributed by atoms with Crippen molar-refractivity contribution in [3.8, 4) is 0 Å². The Bertz CT molecular complexity index is 327. The molecule has 1 saturated heterocycles. The maximum Gasteiger partial charge on any atom is 0.151 e. The zero-order valence-corrected chi connectivity index (χ0v) is 10.7. The Kier molecular flexibility index (Phi) is 4.14. The fraction of sp³-hybridized carbons (Fsp3) is 0.667. The molecule has 2 rings (SSSR count). The van der Waals surface area contributed by atoms with E-state index < -0.39 is 0 Å². The van der Waals surface area contributed by atoms with E-state index in [-0.39, 0.29) is 0 Å². The molecule has 1 aliphatic heterocycles. The van der Waals surface area contributed by atoms with E-state index in [0.29, 0.717) is 0 Å². The zero-order valence-electron chi connectivity index (χ0n) is 10.7. The van der Waals surface area contributed by atoms with E-state index >= 15 is 0 Å². The summed E-state index contributed by atoms with van der Waals surface area (Å²) in [5, 5.41) is 12.0. The van der Waals surface area contributed by atoms with Crippen LogP contribution in [0.15, 0.2) is 12.1 Å². The van der Waals surface area contributed by atoms with Gasteiger partial charge in [-0.2, -0.15) is 0 Å². The highest BCUT2D eigenvalue weighted by Crippen LogP contribution is 2.14. The Labute approximate surface area is 103 Å². The number of aromatic nitrogens is 2. The van der Waals surface area contributed by atoms with E-state index in [9.17, 15) is 0 Å². The lowest BCUT2D eigenvalue weighted by atomic mass is 10.3. The van der Waals surface area contributed by atoms with Gasteiger partial charge < -0.3 is 15.1 Å². The van der Waals surface area contributed by atoms with Crippen molar-refractivity contribution in [2.75, 3.05) is 49.1 Å². The van der Waals surface area contributed by atoms with E-state index in [1.807, 2.05) is 0 Å². The smallest absolute Gasteiger partial charge is 0.151 e. The quantitative estimate of drug-likeness (QED) is 0.833. The average Bonchev–Trinajstić information content (AvgIpc) is 2.42. The lowest BCUT2D eigenvalue weighted by Gasteiger charge is -2.28. The van der Waals surface area contributed by atoms with Crippen LogP contribution in [0.5, 0.6) is 0 Å². The number of rotatable bonds is 4. The van der Waals surface area contributed by atoms with Gasteiger partial charge in [-0.3, -0.25) is 0 Å². The van der Waals surface area contributed by atoms with Gasteiger partial charge >= 0.3 is 0 Å². The highest BCUT2D eigenvalue weighted by molar-refractivity contribution is 5.45. The molecule has 0 unspecified atom stereocenters. The summed E-state index contributed by atoms with van der Waals surface area (Å²) in [5.41, 5.74) is 0. The van der Waals surface area contributed by atoms with Crippen molar-refractivity contribution >= 4 is 11.6 Å². The number of hydrogen-bond donors (Lipinski definition) is 1. The third-order valence-corrected chi connectivity index (χ3v) is 3.16. The Balaban J connectivity index is 2.06. The molecule has 1 fully saturated rings. The van der Waals surface area contributed by atoms with Crippen LogP contribution >= 0.6 is 0 Å². The molecule has 1 aromatic heterocycles. The molecule has 0 bridgehead atoms. The molecule has 0 aliphatic carbocycles. The van der Waals surface area contributed by atoms with Crippen LogP contribution in [-0.4, -0.2) is 49.5 Å². The van der Waals surface area contributed by atoms with Crippen molar-refractivity contribution in [1.82, 2.24) is 15.5 Å². The maximum absolute atomic E-state index is 4.33. The summed E-state index contributed by atoms with van der Waals surface area (Å²) in [7, 11) is 0. The van der Waals surface area contributed by atoms with E-state index in [0.717, 1.165) is 50.9 Å². The van der Waals surface area contributed by atoms with E-state index in [1.165, 1.54) is 0 Å². The fourth-order valence-electron chi connectivity index (χ4n) is 2.10. The first-order chi connectivity index (χ1) is 8.35. The minimum absolute atomic E-state index is 0.967. The second-order valence-electron chi connectivity index (χ2n) is 4.16. The van der Waals surface area contributed by atoms with Crippen molar-refractivity contribution in [2.45, 2.75) is 13.8 Å². The van der Waals surface area contributed by atoms with Crippen molar-refractivity contribution in [1.29, 1.82) is 0 Å². The van der Waals surface area contributed by atoms with Gasteiger partial charge in [-0.1, -0.05) is 0 Å². The minimum Gasteiger partial charge on any atom is -0.356 e. The first-order valence-electron chi connectivity index (χ1n) is 6.39. The van der Waals surface area contributed by atoms with Crippen LogP contribution in [-0.2, 0) is 0 Å². The molecular weight excluding hydrogens is 214 g/mol. The molecule has 2 heterocycles. The van der Waals surface area contributed by atoms with Crippen molar-refractivity contribution in [3.05, 3.63) is 12.1 Å². The lowest BCUT2D eigenvalue weighted by molar-refractivity contribution is 0.582. The first kappa shape index (κ1) is 12.1. The second-order valence-corrected chi connectivity index (χ2v) is 4.16. The molecule has 0 radical (unpaired) electrons. The predicted octanol–water partition coefficient (Wildman–Crippen LogP) is 0.732. The molecule has 5 heteroatoms. The normalized spacial score (nSPS) is 16.0. The Morgan fingerprint density at radius 2 is 1.88 bits per heavy atom. The molecule has 1 N–H and O–H groups in total. The van der Waals surface area contributed by atoms with Gasteiger partial charge in [-0.05, 0) is 26.0 Å². The monoisotopic (exact) mass is 235 g/mol. The number of hydrogen-bond acceptors (Lipinski definition) is 5. The summed E-state index contributed by atoms with van der Waals surface area (Å²) in [6.45, 7) is 10.3. The maximum atomic E-state index is 4.33. The Morgan fingerprint density at radius 3 is 2.41 bits per heavy atom. The summed E-state index contributed by atoms with van der Waals surface area (Å²) in [6, 6.07) is 4.14. The molecule has 17 heavy (non-hydrogen) atoms. The lowest BCUT2D eigenvalue weighted by Crippen LogP contribution is -2.44. The number of piperazine rings is 1. The number of nitrogens with zero attached hydrogens (tertiary/aromatic N) is 4. The van der Waals surface area contributed by atoms with Crippen LogP contribution in [0.2, 0.25) is 0 Å². The predicted molar refractivity (Wildman–Crippen MR) is 70.7 cm³/mol. The molecule has 0 atom stereocenters. The summed E-state index contributed by atoms with van der Waals surface area (Å²) >= 11 is 0. The highest BCUT2D eigenvalue weighted by atomic mass is 15.3. The molecule has 1 aromatic rings. The van der Waals surface area contributed by atoms with Gasteiger partial charge in [0.1, 0.15) is 0 Å². The summed E-state index contributed by atoms with van der Waals surface area (Å²) in [4.78, 5) is 4.48. The van der Waals surface area contributed by atoms with Gasteiger partial charge in [0, 0.05) is 39.3 Å². The van der Waals surface area contributed by atoms with Gasteiger partial charge in [0.15, 0.2) is 11.6 Å². The highest BCUT2D eigenvalue weighted by Gasteiger charge is 2.12. The third kappa shape index (κ3) is 2.85. The van der Waals surface area contributed by atoms with Gasteiger partial charge in [0.05, 0.1) is 0 Å². The number of anilines is 2. The van der Waals surface area contributed by atoms with E-state index in [4.69, 9.17) is 0 Å². The van der Waals surface area contributed by atoms with Gasteiger partial charge in [-0.15, -0.1) is 10.2 Å². The van der Waals surface area contributed by atoms with Gasteiger partial charge in [0.25, 0.3) is 0 Å². The van der Waals surface area contributed by atoms with Crippen LogP contribution in [0.3, 0.4) is 0 Å². The van der Waals surface area contributed by atoms with Crippen LogP contribution < -0.4 is 15.1 Å². The molecular formula is C12H21N5. The minimum atomic E-state index is 0.967. The van der Waals surface area contributed by atoms with Crippen molar-refractivity contribution in [2.24, 2.45) is 0 Å². The summed E-state index contributed by atoms with van der Waals surface area (Å²) in [6.07, 6.45) is 0.